The van der Waals surface area contributed by atoms with Crippen molar-refractivity contribution < 1.29 is 0 Å². The average molecular weight is 217 g/mol. The van der Waals surface area contributed by atoms with Gasteiger partial charge >= 0.3 is 0 Å². The summed E-state index contributed by atoms with van der Waals surface area (Å²) in [4.78, 5) is 0. The van der Waals surface area contributed by atoms with Gasteiger partial charge in [-0.25, -0.2) is 0 Å². The molecule has 0 aromatic rings. The minimum absolute atomic E-state index is 0.637. The summed E-state index contributed by atoms with van der Waals surface area (Å²) in [5.74, 6) is 0. The smallest absolute Gasteiger partial charge is 0.0760 e. The van der Waals surface area contributed by atoms with Crippen LogP contribution in [-0.4, -0.2) is 23.3 Å². The van der Waals surface area contributed by atoms with Gasteiger partial charge in [0.25, 0.3) is 0 Å². The van der Waals surface area contributed by atoms with Gasteiger partial charge in [-0.15, -0.1) is 6.58 Å². The molecule has 0 aromatic heterocycles. The largest absolute Gasteiger partial charge is 0.380 e. The van der Waals surface area contributed by atoms with E-state index in [4.69, 9.17) is 0 Å². The summed E-state index contributed by atoms with van der Waals surface area (Å²) in [5, 5.41) is 9.93. The third-order valence-corrected chi connectivity index (χ3v) is 3.02. The molecule has 0 bridgehead atoms. The van der Waals surface area contributed by atoms with Crippen LogP contribution in [0.3, 0.4) is 0 Å². The number of nitrogens with one attached hydrogen (secondary N) is 1. The van der Waals surface area contributed by atoms with Gasteiger partial charge in [-0.1, -0.05) is 12.7 Å². The molecule has 86 valence electrons. The monoisotopic (exact) mass is 217 g/mol. The molecule has 1 saturated carbocycles. The first-order valence-corrected chi connectivity index (χ1v) is 5.74. The van der Waals surface area contributed by atoms with E-state index in [0.717, 1.165) is 17.1 Å². The quantitative estimate of drug-likeness (QED) is 0.732. The highest BCUT2D eigenvalue weighted by Gasteiger charge is 2.27. The molecule has 1 aliphatic heterocycles. The van der Waals surface area contributed by atoms with E-state index in [2.05, 4.69) is 30.5 Å². The van der Waals surface area contributed by atoms with Gasteiger partial charge in [0.1, 0.15) is 0 Å². The van der Waals surface area contributed by atoms with Crippen LogP contribution in [0.5, 0.6) is 0 Å². The Morgan fingerprint density at radius 3 is 2.75 bits per heavy atom. The molecule has 2 rings (SSSR count). The lowest BCUT2D eigenvalue weighted by Crippen LogP contribution is -2.32. The molecular formula is C13H19N3. The molecule has 3 heteroatoms. The predicted octanol–water partition coefficient (Wildman–Crippen LogP) is 2.40. The van der Waals surface area contributed by atoms with Crippen LogP contribution in [0.2, 0.25) is 0 Å². The Bertz CT molecular complexity index is 386. The van der Waals surface area contributed by atoms with E-state index in [9.17, 15) is 0 Å². The normalized spacial score (nSPS) is 21.0. The van der Waals surface area contributed by atoms with Gasteiger partial charge in [-0.05, 0) is 32.3 Å². The van der Waals surface area contributed by atoms with Gasteiger partial charge in [-0.2, -0.15) is 5.10 Å². The third-order valence-electron chi connectivity index (χ3n) is 3.02. The lowest BCUT2D eigenvalue weighted by Gasteiger charge is -2.29. The van der Waals surface area contributed by atoms with Gasteiger partial charge < -0.3 is 5.32 Å². The van der Waals surface area contributed by atoms with E-state index < -0.39 is 0 Å². The zero-order chi connectivity index (χ0) is 11.7. The van der Waals surface area contributed by atoms with Gasteiger partial charge in [-0.3, -0.25) is 5.01 Å². The van der Waals surface area contributed by atoms with Crippen molar-refractivity contribution in [1.29, 1.82) is 0 Å². The van der Waals surface area contributed by atoms with Crippen molar-refractivity contribution >= 4 is 5.71 Å². The summed E-state index contributed by atoms with van der Waals surface area (Å²) in [6.07, 6.45) is 4.38. The molecule has 0 saturated heterocycles. The van der Waals surface area contributed by atoms with Crippen LogP contribution >= 0.6 is 0 Å². The second-order valence-corrected chi connectivity index (χ2v) is 4.42. The Labute approximate surface area is 97.2 Å². The van der Waals surface area contributed by atoms with Crippen molar-refractivity contribution in [1.82, 2.24) is 10.3 Å². The Hall–Kier alpha value is -1.51. The zero-order valence-corrected chi connectivity index (χ0v) is 10.1. The van der Waals surface area contributed by atoms with Crippen LogP contribution in [0.1, 0.15) is 26.7 Å². The third kappa shape index (κ3) is 2.03. The first-order valence-electron chi connectivity index (χ1n) is 5.74. The summed E-state index contributed by atoms with van der Waals surface area (Å²) in [7, 11) is 0. The number of hydrogen-bond donors (Lipinski definition) is 1. The Balaban J connectivity index is 2.23. The SMILES string of the molecule is C=CCN1N=C(C)C(C)=C(NC2CC2)C1=C. The van der Waals surface area contributed by atoms with Crippen LogP contribution < -0.4 is 5.32 Å². The fraction of sp³-hybridized carbons (Fsp3) is 0.462. The van der Waals surface area contributed by atoms with Crippen molar-refractivity contribution in [3.63, 3.8) is 0 Å². The fourth-order valence-electron chi connectivity index (χ4n) is 1.74. The molecule has 0 spiro atoms. The molecule has 2 aliphatic rings. The summed E-state index contributed by atoms with van der Waals surface area (Å²) in [6, 6.07) is 0.637. The molecular weight excluding hydrogens is 198 g/mol. The molecule has 16 heavy (non-hydrogen) atoms. The Morgan fingerprint density at radius 2 is 2.19 bits per heavy atom. The second-order valence-electron chi connectivity index (χ2n) is 4.42. The second kappa shape index (κ2) is 4.16. The molecule has 0 radical (unpaired) electrons. The molecule has 0 atom stereocenters. The highest BCUT2D eigenvalue weighted by atomic mass is 15.5. The number of rotatable bonds is 4. The Morgan fingerprint density at radius 1 is 1.50 bits per heavy atom. The standard InChI is InChI=1S/C13H19N3/c1-5-8-16-11(4)13(14-12-6-7-12)9(2)10(3)15-16/h5,12,14H,1,4,6-8H2,2-3H3. The molecule has 1 fully saturated rings. The van der Waals surface area contributed by atoms with E-state index in [1.54, 1.807) is 0 Å². The molecule has 0 unspecified atom stereocenters. The maximum Gasteiger partial charge on any atom is 0.0760 e. The lowest BCUT2D eigenvalue weighted by molar-refractivity contribution is 0.400. The van der Waals surface area contributed by atoms with E-state index in [1.807, 2.05) is 18.0 Å². The molecule has 0 aromatic carbocycles. The molecule has 1 aliphatic carbocycles. The van der Waals surface area contributed by atoms with Crippen LogP contribution in [-0.2, 0) is 0 Å². The summed E-state index contributed by atoms with van der Waals surface area (Å²) < 4.78 is 0. The van der Waals surface area contributed by atoms with Crippen LogP contribution in [0.4, 0.5) is 0 Å². The predicted molar refractivity (Wildman–Crippen MR) is 68.0 cm³/mol. The number of allylic oxidation sites excluding steroid dienone is 1. The fourth-order valence-corrected chi connectivity index (χ4v) is 1.74. The van der Waals surface area contributed by atoms with Gasteiger partial charge in [0.15, 0.2) is 0 Å². The van der Waals surface area contributed by atoms with Gasteiger partial charge in [0, 0.05) is 6.04 Å². The van der Waals surface area contributed by atoms with E-state index in [-0.39, 0.29) is 0 Å². The molecule has 1 N–H and O–H groups in total. The number of hydrazone groups is 1. The van der Waals surface area contributed by atoms with Gasteiger partial charge in [0.2, 0.25) is 0 Å². The van der Waals surface area contributed by atoms with E-state index >= 15 is 0 Å². The summed E-state index contributed by atoms with van der Waals surface area (Å²) in [6.45, 7) is 12.7. The maximum absolute atomic E-state index is 4.49. The number of nitrogens with zero attached hydrogens (tertiary/aromatic N) is 2. The van der Waals surface area contributed by atoms with Crippen LogP contribution in [0.25, 0.3) is 0 Å². The maximum atomic E-state index is 4.49. The summed E-state index contributed by atoms with van der Waals surface area (Å²) in [5.41, 5.74) is 4.36. The van der Waals surface area contributed by atoms with Crippen molar-refractivity contribution in [2.24, 2.45) is 5.10 Å². The minimum Gasteiger partial charge on any atom is -0.380 e. The topological polar surface area (TPSA) is 27.6 Å². The molecule has 0 amide bonds. The van der Waals surface area contributed by atoms with Crippen molar-refractivity contribution in [2.45, 2.75) is 32.7 Å². The molecule has 1 heterocycles. The zero-order valence-electron chi connectivity index (χ0n) is 10.1. The van der Waals surface area contributed by atoms with Crippen LogP contribution in [0, 0.1) is 0 Å². The van der Waals surface area contributed by atoms with E-state index in [1.165, 1.54) is 18.4 Å². The van der Waals surface area contributed by atoms with Crippen molar-refractivity contribution in [3.8, 4) is 0 Å². The Kier molecular flexibility index (Phi) is 2.86. The van der Waals surface area contributed by atoms with Crippen LogP contribution in [0.15, 0.2) is 41.3 Å². The first kappa shape index (κ1) is 11.0. The lowest BCUT2D eigenvalue weighted by atomic mass is 10.1. The van der Waals surface area contributed by atoms with Crippen molar-refractivity contribution in [3.05, 3.63) is 36.2 Å². The van der Waals surface area contributed by atoms with E-state index in [0.29, 0.717) is 12.6 Å². The highest BCUT2D eigenvalue weighted by molar-refractivity contribution is 5.99. The first-order chi connectivity index (χ1) is 7.63. The molecule has 3 nitrogen and oxygen atoms in total. The average Bonchev–Trinajstić information content (AvgIpc) is 3.05. The van der Waals surface area contributed by atoms with Gasteiger partial charge in [0.05, 0.1) is 23.7 Å². The highest BCUT2D eigenvalue weighted by Crippen LogP contribution is 2.27. The summed E-state index contributed by atoms with van der Waals surface area (Å²) >= 11 is 0. The number of hydrogen-bond acceptors (Lipinski definition) is 3. The minimum atomic E-state index is 0.637. The van der Waals surface area contributed by atoms with Crippen molar-refractivity contribution in [2.75, 3.05) is 6.54 Å².